The van der Waals surface area contributed by atoms with Crippen LogP contribution in [-0.2, 0) is 6.42 Å². The summed E-state index contributed by atoms with van der Waals surface area (Å²) in [5.74, 6) is 0.890. The largest absolute Gasteiger partial charge is 0.144 e. The maximum atomic E-state index is 4.20. The molecule has 0 amide bonds. The lowest BCUT2D eigenvalue weighted by Gasteiger charge is -2.45. The molecule has 0 unspecified atom stereocenters. The van der Waals surface area contributed by atoms with Crippen molar-refractivity contribution in [3.63, 3.8) is 0 Å². The highest BCUT2D eigenvalue weighted by Crippen LogP contribution is 2.49. The zero-order chi connectivity index (χ0) is 10.2. The third kappa shape index (κ3) is 2.01. The highest BCUT2D eigenvalue weighted by atomic mass is 79.9. The van der Waals surface area contributed by atoms with Gasteiger partial charge < -0.3 is 0 Å². The molecule has 0 atom stereocenters. The molecular weight excluding hydrogens is 260 g/mol. The van der Waals surface area contributed by atoms with Gasteiger partial charge in [-0.3, -0.25) is 0 Å². The lowest BCUT2D eigenvalue weighted by molar-refractivity contribution is 0.0952. The van der Waals surface area contributed by atoms with Crippen molar-refractivity contribution in [2.45, 2.75) is 33.1 Å². The Hall–Kier alpha value is 0.0400. The fraction of sp³-hybridized carbons (Fsp3) is 0.800. The van der Waals surface area contributed by atoms with Gasteiger partial charge in [0.15, 0.2) is 0 Å². The zero-order valence-corrected chi connectivity index (χ0v) is 11.0. The van der Waals surface area contributed by atoms with Crippen molar-refractivity contribution in [3.8, 4) is 0 Å². The van der Waals surface area contributed by atoms with E-state index in [4.69, 9.17) is 0 Å². The fourth-order valence-corrected chi connectivity index (χ4v) is 3.99. The molecule has 1 aliphatic rings. The Morgan fingerprint density at radius 1 is 1.50 bits per heavy atom. The number of hydrogen-bond donors (Lipinski definition) is 0. The monoisotopic (exact) mass is 274 g/mol. The van der Waals surface area contributed by atoms with Crippen LogP contribution in [0, 0.1) is 18.3 Å². The van der Waals surface area contributed by atoms with E-state index in [9.17, 15) is 0 Å². The van der Waals surface area contributed by atoms with Gasteiger partial charge in [-0.15, -0.1) is 21.5 Å². The van der Waals surface area contributed by atoms with Crippen molar-refractivity contribution in [1.29, 1.82) is 0 Å². The van der Waals surface area contributed by atoms with E-state index in [1.165, 1.54) is 17.8 Å². The predicted molar refractivity (Wildman–Crippen MR) is 63.0 cm³/mol. The molecule has 0 aromatic carbocycles. The van der Waals surface area contributed by atoms with Gasteiger partial charge in [-0.05, 0) is 31.1 Å². The number of alkyl halides is 1. The fourth-order valence-electron chi connectivity index (χ4n) is 2.45. The molecule has 0 N–H and O–H groups in total. The van der Waals surface area contributed by atoms with E-state index in [1.54, 1.807) is 11.3 Å². The Bertz CT molecular complexity index is 318. The third-order valence-electron chi connectivity index (χ3n) is 2.94. The lowest BCUT2D eigenvalue weighted by atomic mass is 9.62. The van der Waals surface area contributed by atoms with Crippen molar-refractivity contribution < 1.29 is 0 Å². The molecule has 0 aliphatic heterocycles. The summed E-state index contributed by atoms with van der Waals surface area (Å²) in [6, 6.07) is 0. The highest BCUT2D eigenvalue weighted by molar-refractivity contribution is 9.09. The molecule has 1 saturated carbocycles. The summed E-state index contributed by atoms with van der Waals surface area (Å²) in [5, 5.41) is 11.7. The van der Waals surface area contributed by atoms with Crippen molar-refractivity contribution in [1.82, 2.24) is 10.2 Å². The van der Waals surface area contributed by atoms with Gasteiger partial charge in [-0.1, -0.05) is 22.9 Å². The van der Waals surface area contributed by atoms with Crippen LogP contribution in [0.2, 0.25) is 0 Å². The molecule has 1 aromatic heterocycles. The molecule has 2 nitrogen and oxygen atoms in total. The van der Waals surface area contributed by atoms with Gasteiger partial charge in [0.25, 0.3) is 0 Å². The maximum Gasteiger partial charge on any atom is 0.118 e. The summed E-state index contributed by atoms with van der Waals surface area (Å²) in [4.78, 5) is 0. The molecule has 4 heteroatoms. The predicted octanol–water partition coefficient (Wildman–Crippen LogP) is 3.20. The first-order valence-corrected chi connectivity index (χ1v) is 6.92. The quantitative estimate of drug-likeness (QED) is 0.792. The van der Waals surface area contributed by atoms with E-state index in [0.29, 0.717) is 5.41 Å². The zero-order valence-electron chi connectivity index (χ0n) is 8.59. The van der Waals surface area contributed by atoms with Crippen molar-refractivity contribution >= 4 is 27.3 Å². The minimum Gasteiger partial charge on any atom is -0.144 e. The summed E-state index contributed by atoms with van der Waals surface area (Å²) < 4.78 is 0. The van der Waals surface area contributed by atoms with E-state index in [-0.39, 0.29) is 0 Å². The lowest BCUT2D eigenvalue weighted by Crippen LogP contribution is -2.39. The van der Waals surface area contributed by atoms with Gasteiger partial charge in [0.05, 0.1) is 0 Å². The minimum absolute atomic E-state index is 0.478. The van der Waals surface area contributed by atoms with Crippen LogP contribution in [0.15, 0.2) is 0 Å². The van der Waals surface area contributed by atoms with Crippen molar-refractivity contribution in [3.05, 3.63) is 10.0 Å². The van der Waals surface area contributed by atoms with E-state index in [2.05, 4.69) is 33.1 Å². The van der Waals surface area contributed by atoms with E-state index in [1.807, 2.05) is 6.92 Å². The first-order chi connectivity index (χ1) is 6.63. The summed E-state index contributed by atoms with van der Waals surface area (Å²) in [6.45, 7) is 4.34. The minimum atomic E-state index is 0.478. The van der Waals surface area contributed by atoms with Crippen LogP contribution in [0.4, 0.5) is 0 Å². The van der Waals surface area contributed by atoms with Crippen LogP contribution in [0.3, 0.4) is 0 Å². The normalized spacial score (nSPS) is 31.5. The number of aromatic nitrogens is 2. The summed E-state index contributed by atoms with van der Waals surface area (Å²) >= 11 is 5.37. The number of hydrogen-bond acceptors (Lipinski definition) is 3. The van der Waals surface area contributed by atoms with Gasteiger partial charge in [-0.25, -0.2) is 0 Å². The van der Waals surface area contributed by atoms with E-state index < -0.39 is 0 Å². The molecule has 1 aliphatic carbocycles. The van der Waals surface area contributed by atoms with Crippen LogP contribution in [-0.4, -0.2) is 15.5 Å². The molecule has 0 saturated heterocycles. The van der Waals surface area contributed by atoms with Gasteiger partial charge in [0, 0.05) is 11.8 Å². The molecular formula is C10H15BrN2S. The van der Waals surface area contributed by atoms with Crippen molar-refractivity contribution in [2.75, 3.05) is 5.33 Å². The second-order valence-electron chi connectivity index (χ2n) is 4.54. The number of aryl methyl sites for hydroxylation is 1. The molecule has 14 heavy (non-hydrogen) atoms. The van der Waals surface area contributed by atoms with Crippen LogP contribution in [0.5, 0.6) is 0 Å². The standard InChI is InChI=1S/C10H15BrN2S/c1-7-3-10(4-7,6-11)5-9-13-12-8(2)14-9/h7H,3-6H2,1-2H3. The summed E-state index contributed by atoms with van der Waals surface area (Å²) in [6.07, 6.45) is 3.77. The number of rotatable bonds is 3. The van der Waals surface area contributed by atoms with Gasteiger partial charge in [-0.2, -0.15) is 0 Å². The Balaban J connectivity index is 2.02. The average Bonchev–Trinajstić information content (AvgIpc) is 2.48. The SMILES string of the molecule is Cc1nnc(CC2(CBr)CC(C)C2)s1. The first-order valence-electron chi connectivity index (χ1n) is 4.98. The van der Waals surface area contributed by atoms with Gasteiger partial charge >= 0.3 is 0 Å². The molecule has 0 spiro atoms. The second kappa shape index (κ2) is 3.89. The Morgan fingerprint density at radius 2 is 2.21 bits per heavy atom. The van der Waals surface area contributed by atoms with E-state index in [0.717, 1.165) is 22.7 Å². The molecule has 2 rings (SSSR count). The number of nitrogens with zero attached hydrogens (tertiary/aromatic N) is 2. The van der Waals surface area contributed by atoms with Crippen LogP contribution >= 0.6 is 27.3 Å². The van der Waals surface area contributed by atoms with Gasteiger partial charge in [0.2, 0.25) is 0 Å². The van der Waals surface area contributed by atoms with Crippen LogP contribution in [0.1, 0.15) is 29.8 Å². The molecule has 0 radical (unpaired) electrons. The third-order valence-corrected chi connectivity index (χ3v) is 4.97. The molecule has 78 valence electrons. The Kier molecular flexibility index (Phi) is 2.93. The molecule has 1 aromatic rings. The van der Waals surface area contributed by atoms with Crippen LogP contribution in [0.25, 0.3) is 0 Å². The average molecular weight is 275 g/mol. The Morgan fingerprint density at radius 3 is 2.64 bits per heavy atom. The van der Waals surface area contributed by atoms with Crippen LogP contribution < -0.4 is 0 Å². The second-order valence-corrected chi connectivity index (χ2v) is 6.37. The molecule has 0 bridgehead atoms. The smallest absolute Gasteiger partial charge is 0.118 e. The number of halogens is 1. The summed E-state index contributed by atoms with van der Waals surface area (Å²) in [5.41, 5.74) is 0.478. The molecule has 1 fully saturated rings. The Labute approximate surface area is 97.3 Å². The van der Waals surface area contributed by atoms with Gasteiger partial charge in [0.1, 0.15) is 10.0 Å². The first kappa shape index (κ1) is 10.6. The highest BCUT2D eigenvalue weighted by Gasteiger charge is 2.41. The topological polar surface area (TPSA) is 25.8 Å². The summed E-state index contributed by atoms with van der Waals surface area (Å²) in [7, 11) is 0. The molecule has 1 heterocycles. The van der Waals surface area contributed by atoms with E-state index >= 15 is 0 Å². The van der Waals surface area contributed by atoms with Crippen molar-refractivity contribution in [2.24, 2.45) is 11.3 Å². The maximum absolute atomic E-state index is 4.20.